The zero-order valence-corrected chi connectivity index (χ0v) is 16.0. The number of carbonyl (C=O) groups is 1. The lowest BCUT2D eigenvalue weighted by Gasteiger charge is -2.29. The second-order valence-corrected chi connectivity index (χ2v) is 7.80. The first-order valence-corrected chi connectivity index (χ1v) is 9.78. The number of nitrogens with one attached hydrogen (secondary N) is 1. The molecule has 0 bridgehead atoms. The number of aryl methyl sites for hydroxylation is 1. The van der Waals surface area contributed by atoms with Crippen molar-refractivity contribution in [3.05, 3.63) is 29.8 Å². The van der Waals surface area contributed by atoms with Gasteiger partial charge in [-0.05, 0) is 37.7 Å². The van der Waals surface area contributed by atoms with Crippen molar-refractivity contribution in [2.24, 2.45) is 18.0 Å². The van der Waals surface area contributed by atoms with E-state index >= 15 is 0 Å². The molecule has 2 aliphatic carbocycles. The smallest absolute Gasteiger partial charge is 0.272 e. The summed E-state index contributed by atoms with van der Waals surface area (Å²) in [6.45, 7) is 0. The monoisotopic (exact) mass is 369 g/mol. The normalized spacial score (nSPS) is 20.7. The Kier molecular flexibility index (Phi) is 4.80. The molecule has 27 heavy (non-hydrogen) atoms. The lowest BCUT2D eigenvalue weighted by Crippen LogP contribution is -2.35. The molecule has 4 rings (SSSR count). The molecule has 8 heteroatoms. The first-order chi connectivity index (χ1) is 13.1. The summed E-state index contributed by atoms with van der Waals surface area (Å²) in [4.78, 5) is 16.9. The summed E-state index contributed by atoms with van der Waals surface area (Å²) in [5.41, 5.74) is 1.15. The van der Waals surface area contributed by atoms with E-state index in [-0.39, 0.29) is 17.5 Å². The van der Waals surface area contributed by atoms with E-state index in [1.54, 1.807) is 24.0 Å². The summed E-state index contributed by atoms with van der Waals surface area (Å²) >= 11 is 0. The van der Waals surface area contributed by atoms with E-state index in [4.69, 9.17) is 0 Å². The topological polar surface area (TPSA) is 90.0 Å². The number of carbonyl (C=O) groups excluding carboxylic acids is 1. The van der Waals surface area contributed by atoms with Gasteiger partial charge in [0.15, 0.2) is 0 Å². The molecule has 8 nitrogen and oxygen atoms in total. The van der Waals surface area contributed by atoms with Crippen LogP contribution in [0.4, 0.5) is 0 Å². The number of aliphatic imine (C=N–C) groups is 1. The highest BCUT2D eigenvalue weighted by Crippen LogP contribution is 2.42. The zero-order valence-electron chi connectivity index (χ0n) is 16.0. The fourth-order valence-electron chi connectivity index (χ4n) is 4.07. The molecule has 2 aliphatic rings. The minimum Gasteiger partial charge on any atom is -0.342 e. The summed E-state index contributed by atoms with van der Waals surface area (Å²) in [7, 11) is 3.60. The molecule has 0 aromatic carbocycles. The molecular weight excluding hydrogens is 342 g/mol. The van der Waals surface area contributed by atoms with Gasteiger partial charge in [0.05, 0.1) is 17.8 Å². The minimum absolute atomic E-state index is 0.123. The van der Waals surface area contributed by atoms with Gasteiger partial charge in [0, 0.05) is 26.5 Å². The average molecular weight is 369 g/mol. The van der Waals surface area contributed by atoms with Crippen molar-refractivity contribution in [3.8, 4) is 0 Å². The quantitative estimate of drug-likeness (QED) is 0.791. The number of aromatic nitrogens is 5. The van der Waals surface area contributed by atoms with E-state index in [0.29, 0.717) is 11.6 Å². The Morgan fingerprint density at radius 1 is 1.37 bits per heavy atom. The lowest BCUT2D eigenvalue weighted by atomic mass is 9.82. The molecule has 1 amide bonds. The number of amides is 1. The Labute approximate surface area is 159 Å². The molecule has 2 aromatic heterocycles. The SMILES string of the molecule is CN=CC1(n2cc([C@@H](NC(=O)c3ccn(C)n3)C3CCCCC3)nn2)CC1. The van der Waals surface area contributed by atoms with Gasteiger partial charge in [-0.3, -0.25) is 14.5 Å². The Hall–Kier alpha value is -2.51. The van der Waals surface area contributed by atoms with Crippen LogP contribution in [0.3, 0.4) is 0 Å². The van der Waals surface area contributed by atoms with Crippen LogP contribution in [0.15, 0.2) is 23.5 Å². The van der Waals surface area contributed by atoms with Crippen molar-refractivity contribution in [2.45, 2.75) is 56.5 Å². The van der Waals surface area contributed by atoms with Crippen molar-refractivity contribution in [2.75, 3.05) is 7.05 Å². The Morgan fingerprint density at radius 2 is 2.15 bits per heavy atom. The average Bonchev–Trinajstić information content (AvgIpc) is 3.08. The third kappa shape index (κ3) is 3.65. The van der Waals surface area contributed by atoms with Crippen LogP contribution in [0.1, 0.15) is 67.2 Å². The van der Waals surface area contributed by atoms with Crippen molar-refractivity contribution in [1.29, 1.82) is 0 Å². The summed E-state index contributed by atoms with van der Waals surface area (Å²) in [5, 5.41) is 16.2. The highest BCUT2D eigenvalue weighted by atomic mass is 16.2. The van der Waals surface area contributed by atoms with Crippen LogP contribution < -0.4 is 5.32 Å². The molecule has 0 saturated heterocycles. The van der Waals surface area contributed by atoms with Crippen LogP contribution in [0.2, 0.25) is 0 Å². The molecule has 1 N–H and O–H groups in total. The maximum Gasteiger partial charge on any atom is 0.272 e. The minimum atomic E-state index is -0.156. The molecule has 2 aromatic rings. The maximum atomic E-state index is 12.7. The maximum absolute atomic E-state index is 12.7. The fourth-order valence-corrected chi connectivity index (χ4v) is 4.07. The highest BCUT2D eigenvalue weighted by Gasteiger charge is 2.45. The van der Waals surface area contributed by atoms with Crippen LogP contribution in [0.25, 0.3) is 0 Å². The van der Waals surface area contributed by atoms with E-state index in [9.17, 15) is 4.79 Å². The van der Waals surface area contributed by atoms with E-state index in [2.05, 4.69) is 25.7 Å². The Balaban J connectivity index is 1.58. The van der Waals surface area contributed by atoms with Crippen molar-refractivity contribution >= 4 is 12.1 Å². The van der Waals surface area contributed by atoms with Crippen LogP contribution in [0, 0.1) is 5.92 Å². The van der Waals surface area contributed by atoms with Crippen molar-refractivity contribution in [3.63, 3.8) is 0 Å². The molecule has 0 aliphatic heterocycles. The first kappa shape index (κ1) is 17.9. The molecule has 0 unspecified atom stereocenters. The Bertz CT molecular complexity index is 827. The standard InChI is InChI=1S/C19H27N7O/c1-20-13-19(9-10-19)26-12-16(22-24-26)17(14-6-4-3-5-7-14)21-18(27)15-8-11-25(2)23-15/h8,11-14,17H,3-7,9-10H2,1-2H3,(H,21,27)/t17-/m0/s1. The van der Waals surface area contributed by atoms with Gasteiger partial charge in [-0.2, -0.15) is 5.10 Å². The van der Waals surface area contributed by atoms with Gasteiger partial charge in [-0.15, -0.1) is 5.10 Å². The molecule has 1 atom stereocenters. The van der Waals surface area contributed by atoms with Crippen LogP contribution in [-0.2, 0) is 12.6 Å². The van der Waals surface area contributed by atoms with E-state index in [1.165, 1.54) is 19.3 Å². The van der Waals surface area contributed by atoms with E-state index in [0.717, 1.165) is 31.4 Å². The Morgan fingerprint density at radius 3 is 2.78 bits per heavy atom. The molecule has 144 valence electrons. The van der Waals surface area contributed by atoms with Gasteiger partial charge in [0.2, 0.25) is 0 Å². The number of hydrogen-bond donors (Lipinski definition) is 1. The van der Waals surface area contributed by atoms with Crippen LogP contribution >= 0.6 is 0 Å². The summed E-state index contributed by atoms with van der Waals surface area (Å²) in [5.74, 6) is 0.225. The van der Waals surface area contributed by atoms with Gasteiger partial charge in [0.1, 0.15) is 11.4 Å². The number of rotatable bonds is 6. The number of nitrogens with zero attached hydrogens (tertiary/aromatic N) is 6. The predicted octanol–water partition coefficient (Wildman–Crippen LogP) is 2.25. The third-order valence-electron chi connectivity index (χ3n) is 5.77. The molecular formula is C19H27N7O. The first-order valence-electron chi connectivity index (χ1n) is 9.78. The molecule has 0 spiro atoms. The summed E-state index contributed by atoms with van der Waals surface area (Å²) in [6.07, 6.45) is 13.6. The molecule has 0 radical (unpaired) electrons. The van der Waals surface area contributed by atoms with Gasteiger partial charge in [-0.1, -0.05) is 24.5 Å². The van der Waals surface area contributed by atoms with Crippen LogP contribution in [-0.4, -0.2) is 43.9 Å². The second kappa shape index (κ2) is 7.25. The second-order valence-electron chi connectivity index (χ2n) is 7.80. The zero-order chi connectivity index (χ0) is 18.9. The van der Waals surface area contributed by atoms with Gasteiger partial charge < -0.3 is 5.32 Å². The molecule has 2 saturated carbocycles. The van der Waals surface area contributed by atoms with E-state index in [1.807, 2.05) is 24.1 Å². The molecule has 2 heterocycles. The summed E-state index contributed by atoms with van der Waals surface area (Å²) < 4.78 is 3.56. The lowest BCUT2D eigenvalue weighted by molar-refractivity contribution is 0.0905. The molecule has 2 fully saturated rings. The van der Waals surface area contributed by atoms with Gasteiger partial charge in [0.25, 0.3) is 5.91 Å². The van der Waals surface area contributed by atoms with Crippen molar-refractivity contribution in [1.82, 2.24) is 30.1 Å². The van der Waals surface area contributed by atoms with Gasteiger partial charge in [-0.25, -0.2) is 4.68 Å². The summed E-state index contributed by atoms with van der Waals surface area (Å²) in [6, 6.07) is 1.60. The van der Waals surface area contributed by atoms with Crippen LogP contribution in [0.5, 0.6) is 0 Å². The van der Waals surface area contributed by atoms with Gasteiger partial charge >= 0.3 is 0 Å². The van der Waals surface area contributed by atoms with E-state index < -0.39 is 0 Å². The predicted molar refractivity (Wildman–Crippen MR) is 102 cm³/mol. The highest BCUT2D eigenvalue weighted by molar-refractivity contribution is 5.92. The third-order valence-corrected chi connectivity index (χ3v) is 5.77. The fraction of sp³-hybridized carbons (Fsp3) is 0.632. The largest absolute Gasteiger partial charge is 0.342 e. The van der Waals surface area contributed by atoms with Crippen molar-refractivity contribution < 1.29 is 4.79 Å². The number of hydrogen-bond acceptors (Lipinski definition) is 5.